The van der Waals surface area contributed by atoms with Gasteiger partial charge in [-0.15, -0.1) is 0 Å². The standard InChI is InChI=1S/C27H28N6O2/c1-18-4-5-24(30-11-18)20-8-21(25-6-7-32-33(25)15-27(3)16-35-17-27)10-22(9-20)26(34)31-14-23-13-28-19(2)12-29-23/h4-13H,14-17H2,1-3H3,(H,31,34). The molecule has 1 aromatic carbocycles. The zero-order chi connectivity index (χ0) is 24.4. The SMILES string of the molecule is Cc1ccc(-c2cc(C(=O)NCc3cnc(C)cn3)cc(-c3ccnn3CC3(C)COC3)c2)nc1. The number of benzene rings is 1. The van der Waals surface area contributed by atoms with Crippen molar-refractivity contribution in [2.75, 3.05) is 13.2 Å². The molecule has 0 aliphatic carbocycles. The second-order valence-corrected chi connectivity index (χ2v) is 9.53. The van der Waals surface area contributed by atoms with Crippen molar-refractivity contribution in [3.63, 3.8) is 0 Å². The van der Waals surface area contributed by atoms with Crippen LogP contribution in [0.3, 0.4) is 0 Å². The Morgan fingerprint density at radius 2 is 1.86 bits per heavy atom. The highest BCUT2D eigenvalue weighted by molar-refractivity contribution is 5.97. The van der Waals surface area contributed by atoms with Gasteiger partial charge in [-0.05, 0) is 49.7 Å². The van der Waals surface area contributed by atoms with Crippen molar-refractivity contribution in [2.24, 2.45) is 5.41 Å². The van der Waals surface area contributed by atoms with E-state index in [4.69, 9.17) is 4.74 Å². The van der Waals surface area contributed by atoms with Gasteiger partial charge in [-0.1, -0.05) is 13.0 Å². The predicted molar refractivity (Wildman–Crippen MR) is 132 cm³/mol. The highest BCUT2D eigenvalue weighted by Crippen LogP contribution is 2.32. The molecule has 4 heterocycles. The number of carbonyl (C=O) groups excluding carboxylic acids is 1. The molecule has 35 heavy (non-hydrogen) atoms. The van der Waals surface area contributed by atoms with Crippen LogP contribution in [0.4, 0.5) is 0 Å². The minimum atomic E-state index is -0.187. The van der Waals surface area contributed by atoms with Crippen molar-refractivity contribution in [3.8, 4) is 22.5 Å². The van der Waals surface area contributed by atoms with Crippen LogP contribution in [-0.4, -0.2) is 43.9 Å². The van der Waals surface area contributed by atoms with E-state index in [-0.39, 0.29) is 11.3 Å². The Labute approximate surface area is 204 Å². The minimum absolute atomic E-state index is 0.0617. The summed E-state index contributed by atoms with van der Waals surface area (Å²) in [5.74, 6) is -0.187. The number of pyridine rings is 1. The van der Waals surface area contributed by atoms with Gasteiger partial charge < -0.3 is 10.1 Å². The first-order chi connectivity index (χ1) is 16.9. The summed E-state index contributed by atoms with van der Waals surface area (Å²) < 4.78 is 7.42. The number of aryl methyl sites for hydroxylation is 2. The molecule has 1 fully saturated rings. The number of amides is 1. The second kappa shape index (κ2) is 9.38. The lowest BCUT2D eigenvalue weighted by Gasteiger charge is -2.38. The molecule has 1 saturated heterocycles. The van der Waals surface area contributed by atoms with Gasteiger partial charge in [-0.3, -0.25) is 24.4 Å². The fourth-order valence-corrected chi connectivity index (χ4v) is 4.08. The quantitative estimate of drug-likeness (QED) is 0.441. The van der Waals surface area contributed by atoms with E-state index in [1.54, 1.807) is 18.6 Å². The van der Waals surface area contributed by atoms with E-state index in [0.29, 0.717) is 17.8 Å². The van der Waals surface area contributed by atoms with Crippen LogP contribution in [-0.2, 0) is 17.8 Å². The molecule has 5 rings (SSSR count). The summed E-state index contributed by atoms with van der Waals surface area (Å²) in [7, 11) is 0. The smallest absolute Gasteiger partial charge is 0.251 e. The molecule has 4 aromatic rings. The van der Waals surface area contributed by atoms with Crippen LogP contribution in [0.2, 0.25) is 0 Å². The number of aromatic nitrogens is 5. The summed E-state index contributed by atoms with van der Waals surface area (Å²) in [6, 6.07) is 11.8. The number of carbonyl (C=O) groups is 1. The Hall–Kier alpha value is -3.91. The molecule has 0 radical (unpaired) electrons. The van der Waals surface area contributed by atoms with E-state index < -0.39 is 0 Å². The molecule has 3 aromatic heterocycles. The topological polar surface area (TPSA) is 94.8 Å². The van der Waals surface area contributed by atoms with Gasteiger partial charge in [-0.25, -0.2) is 0 Å². The summed E-state index contributed by atoms with van der Waals surface area (Å²) in [5.41, 5.74) is 6.76. The van der Waals surface area contributed by atoms with Gasteiger partial charge in [0.15, 0.2) is 0 Å². The van der Waals surface area contributed by atoms with E-state index in [1.165, 1.54) is 0 Å². The lowest BCUT2D eigenvalue weighted by molar-refractivity contribution is -0.111. The first-order valence-corrected chi connectivity index (χ1v) is 11.6. The molecule has 1 amide bonds. The normalized spacial score (nSPS) is 14.4. The number of hydrogen-bond acceptors (Lipinski definition) is 6. The summed E-state index contributed by atoms with van der Waals surface area (Å²) >= 11 is 0. The summed E-state index contributed by atoms with van der Waals surface area (Å²) in [4.78, 5) is 26.4. The molecule has 0 bridgehead atoms. The van der Waals surface area contributed by atoms with E-state index in [9.17, 15) is 4.79 Å². The zero-order valence-electron chi connectivity index (χ0n) is 20.2. The van der Waals surface area contributed by atoms with E-state index in [2.05, 4.69) is 38.4 Å². The maximum atomic E-state index is 13.2. The highest BCUT2D eigenvalue weighted by atomic mass is 16.5. The number of hydrogen-bond donors (Lipinski definition) is 1. The first kappa shape index (κ1) is 22.9. The van der Waals surface area contributed by atoms with Crippen LogP contribution in [0.1, 0.15) is 34.2 Å². The number of nitrogens with one attached hydrogen (secondary N) is 1. The van der Waals surface area contributed by atoms with Gasteiger partial charge in [0.1, 0.15) is 0 Å². The Morgan fingerprint density at radius 1 is 1.03 bits per heavy atom. The van der Waals surface area contributed by atoms with Crippen molar-refractivity contribution in [1.29, 1.82) is 0 Å². The van der Waals surface area contributed by atoms with Gasteiger partial charge >= 0.3 is 0 Å². The van der Waals surface area contributed by atoms with Crippen molar-refractivity contribution in [3.05, 3.63) is 83.7 Å². The Morgan fingerprint density at radius 3 is 2.54 bits per heavy atom. The van der Waals surface area contributed by atoms with Crippen LogP contribution in [0.5, 0.6) is 0 Å². The number of rotatable bonds is 7. The fourth-order valence-electron chi connectivity index (χ4n) is 4.08. The predicted octanol–water partition coefficient (Wildman–Crippen LogP) is 3.99. The van der Waals surface area contributed by atoms with Crippen LogP contribution in [0, 0.1) is 19.3 Å². The summed E-state index contributed by atoms with van der Waals surface area (Å²) in [6.45, 7) is 8.56. The molecule has 1 aliphatic heterocycles. The third-order valence-electron chi connectivity index (χ3n) is 6.11. The van der Waals surface area contributed by atoms with Crippen LogP contribution >= 0.6 is 0 Å². The Kier molecular flexibility index (Phi) is 6.13. The largest absolute Gasteiger partial charge is 0.380 e. The maximum absolute atomic E-state index is 13.2. The average molecular weight is 469 g/mol. The van der Waals surface area contributed by atoms with Crippen LogP contribution in [0.25, 0.3) is 22.5 Å². The third kappa shape index (κ3) is 5.12. The van der Waals surface area contributed by atoms with Crippen molar-refractivity contribution in [1.82, 2.24) is 30.0 Å². The Balaban J connectivity index is 1.48. The fraction of sp³-hybridized carbons (Fsp3) is 0.296. The van der Waals surface area contributed by atoms with E-state index >= 15 is 0 Å². The molecule has 178 valence electrons. The number of nitrogens with zero attached hydrogens (tertiary/aromatic N) is 5. The lowest BCUT2D eigenvalue weighted by Crippen LogP contribution is -2.43. The van der Waals surface area contributed by atoms with Crippen molar-refractivity contribution in [2.45, 2.75) is 33.9 Å². The van der Waals surface area contributed by atoms with Gasteiger partial charge in [0.25, 0.3) is 5.91 Å². The molecular weight excluding hydrogens is 440 g/mol. The molecule has 8 nitrogen and oxygen atoms in total. The molecule has 8 heteroatoms. The first-order valence-electron chi connectivity index (χ1n) is 11.6. The molecule has 1 aliphatic rings. The molecule has 1 N–H and O–H groups in total. The van der Waals surface area contributed by atoms with Crippen molar-refractivity contribution >= 4 is 5.91 Å². The second-order valence-electron chi connectivity index (χ2n) is 9.53. The van der Waals surface area contributed by atoms with Gasteiger partial charge in [0.2, 0.25) is 0 Å². The third-order valence-corrected chi connectivity index (χ3v) is 6.11. The molecule has 0 atom stereocenters. The molecular formula is C27H28N6O2. The minimum Gasteiger partial charge on any atom is -0.380 e. The van der Waals surface area contributed by atoms with Gasteiger partial charge in [0, 0.05) is 40.7 Å². The van der Waals surface area contributed by atoms with Crippen LogP contribution in [0.15, 0.2) is 61.2 Å². The van der Waals surface area contributed by atoms with E-state index in [1.807, 2.05) is 55.1 Å². The molecule has 0 unspecified atom stereocenters. The maximum Gasteiger partial charge on any atom is 0.251 e. The average Bonchev–Trinajstić information content (AvgIpc) is 3.30. The lowest BCUT2D eigenvalue weighted by atomic mass is 9.88. The van der Waals surface area contributed by atoms with Gasteiger partial charge in [-0.2, -0.15) is 5.10 Å². The summed E-state index contributed by atoms with van der Waals surface area (Å²) in [5, 5.41) is 7.53. The van der Waals surface area contributed by atoms with E-state index in [0.717, 1.165) is 53.5 Å². The number of ether oxygens (including phenoxy) is 1. The zero-order valence-corrected chi connectivity index (χ0v) is 20.2. The van der Waals surface area contributed by atoms with Crippen molar-refractivity contribution < 1.29 is 9.53 Å². The monoisotopic (exact) mass is 468 g/mol. The van der Waals surface area contributed by atoms with Gasteiger partial charge in [0.05, 0.1) is 55.3 Å². The molecule has 0 spiro atoms. The highest BCUT2D eigenvalue weighted by Gasteiger charge is 2.34. The van der Waals surface area contributed by atoms with Crippen LogP contribution < -0.4 is 5.32 Å². The Bertz CT molecular complexity index is 1340. The summed E-state index contributed by atoms with van der Waals surface area (Å²) in [6.07, 6.45) is 7.00. The molecule has 0 saturated carbocycles.